The number of hydrogen-bond donors (Lipinski definition) is 0. The number of rotatable bonds is 5. The van der Waals surface area contributed by atoms with Crippen molar-refractivity contribution in [3.05, 3.63) is 83.1 Å². The standard InChI is InChI=1S/C29H35N3O/c1-20(2)32(21(3)4)29(33)25-13-11-22(12-14-25)27(23-15-18-31(5)19-16-23)26-10-6-8-24-9-7-17-30-28(24)26/h6-14,17,20-21H,15-16,18-19H2,1-5H3. The van der Waals surface area contributed by atoms with Crippen molar-refractivity contribution in [2.75, 3.05) is 20.1 Å². The van der Waals surface area contributed by atoms with Crippen molar-refractivity contribution in [1.29, 1.82) is 0 Å². The fraction of sp³-hybridized carbons (Fsp3) is 0.379. The van der Waals surface area contributed by atoms with E-state index in [2.05, 4.69) is 76.0 Å². The molecule has 172 valence electrons. The summed E-state index contributed by atoms with van der Waals surface area (Å²) >= 11 is 0. The zero-order valence-electron chi connectivity index (χ0n) is 20.5. The number of aromatic nitrogens is 1. The molecule has 1 aliphatic heterocycles. The van der Waals surface area contributed by atoms with Crippen LogP contribution >= 0.6 is 0 Å². The minimum absolute atomic E-state index is 0.0897. The van der Waals surface area contributed by atoms with Crippen molar-refractivity contribution < 1.29 is 4.79 Å². The number of likely N-dealkylation sites (tertiary alicyclic amines) is 1. The van der Waals surface area contributed by atoms with Gasteiger partial charge in [0.25, 0.3) is 5.91 Å². The lowest BCUT2D eigenvalue weighted by molar-refractivity contribution is 0.0643. The van der Waals surface area contributed by atoms with Gasteiger partial charge < -0.3 is 9.80 Å². The average Bonchev–Trinajstić information content (AvgIpc) is 2.80. The molecule has 4 rings (SSSR count). The highest BCUT2D eigenvalue weighted by Gasteiger charge is 2.23. The summed E-state index contributed by atoms with van der Waals surface area (Å²) in [7, 11) is 2.19. The number of benzene rings is 2. The van der Waals surface area contributed by atoms with Crippen molar-refractivity contribution in [2.45, 2.75) is 52.6 Å². The lowest BCUT2D eigenvalue weighted by atomic mass is 9.87. The summed E-state index contributed by atoms with van der Waals surface area (Å²) in [5, 5.41) is 1.15. The maximum Gasteiger partial charge on any atom is 0.254 e. The van der Waals surface area contributed by atoms with E-state index in [9.17, 15) is 4.79 Å². The SMILES string of the molecule is CC(C)N(C(=O)c1ccc(C(=C2CCN(C)CC2)c2cccc3cccnc23)cc1)C(C)C. The minimum atomic E-state index is 0.0897. The molecule has 0 atom stereocenters. The summed E-state index contributed by atoms with van der Waals surface area (Å²) in [6, 6.07) is 19.1. The summed E-state index contributed by atoms with van der Waals surface area (Å²) in [6.07, 6.45) is 3.96. The number of fused-ring (bicyclic) bond motifs is 1. The molecule has 33 heavy (non-hydrogen) atoms. The third-order valence-electron chi connectivity index (χ3n) is 6.61. The van der Waals surface area contributed by atoms with Crippen LogP contribution < -0.4 is 0 Å². The predicted octanol–water partition coefficient (Wildman–Crippen LogP) is 6.02. The quantitative estimate of drug-likeness (QED) is 0.486. The Kier molecular flexibility index (Phi) is 6.94. The minimum Gasteiger partial charge on any atom is -0.334 e. The van der Waals surface area contributed by atoms with Crippen LogP contribution in [0.4, 0.5) is 0 Å². The zero-order valence-corrected chi connectivity index (χ0v) is 20.5. The summed E-state index contributed by atoms with van der Waals surface area (Å²) in [5.74, 6) is 0.0897. The summed E-state index contributed by atoms with van der Waals surface area (Å²) < 4.78 is 0. The third kappa shape index (κ3) is 4.86. The first-order chi connectivity index (χ1) is 15.9. The number of amides is 1. The van der Waals surface area contributed by atoms with Crippen LogP contribution in [0.2, 0.25) is 0 Å². The van der Waals surface area contributed by atoms with Crippen molar-refractivity contribution in [3.8, 4) is 0 Å². The van der Waals surface area contributed by atoms with Gasteiger partial charge in [0.2, 0.25) is 0 Å². The Labute approximate surface area is 197 Å². The maximum absolute atomic E-state index is 13.2. The molecule has 0 spiro atoms. The Hall–Kier alpha value is -2.98. The summed E-state index contributed by atoms with van der Waals surface area (Å²) in [4.78, 5) is 22.3. The van der Waals surface area contributed by atoms with Crippen molar-refractivity contribution in [1.82, 2.24) is 14.8 Å². The smallest absolute Gasteiger partial charge is 0.254 e. The molecule has 1 fully saturated rings. The summed E-state index contributed by atoms with van der Waals surface area (Å²) in [5.41, 5.74) is 6.85. The molecule has 2 aromatic carbocycles. The first kappa shape index (κ1) is 23.2. The zero-order chi connectivity index (χ0) is 23.5. The van der Waals surface area contributed by atoms with Gasteiger partial charge in [0.1, 0.15) is 0 Å². The van der Waals surface area contributed by atoms with Gasteiger partial charge in [-0.05, 0) is 76.9 Å². The van der Waals surface area contributed by atoms with Crippen LogP contribution in [0.15, 0.2) is 66.4 Å². The first-order valence-corrected chi connectivity index (χ1v) is 12.0. The van der Waals surface area contributed by atoms with Gasteiger partial charge in [-0.1, -0.05) is 42.0 Å². The third-order valence-corrected chi connectivity index (χ3v) is 6.61. The Morgan fingerprint density at radius 3 is 2.12 bits per heavy atom. The fourth-order valence-corrected chi connectivity index (χ4v) is 4.99. The van der Waals surface area contributed by atoms with E-state index in [1.807, 2.05) is 29.3 Å². The number of piperidine rings is 1. The van der Waals surface area contributed by atoms with E-state index in [1.165, 1.54) is 16.7 Å². The van der Waals surface area contributed by atoms with Crippen molar-refractivity contribution in [3.63, 3.8) is 0 Å². The highest BCUT2D eigenvalue weighted by Crippen LogP contribution is 2.35. The van der Waals surface area contributed by atoms with E-state index >= 15 is 0 Å². The molecule has 2 heterocycles. The molecule has 0 saturated carbocycles. The Morgan fingerprint density at radius 1 is 0.879 bits per heavy atom. The molecule has 0 aliphatic carbocycles. The van der Waals surface area contributed by atoms with Crippen LogP contribution in [0.5, 0.6) is 0 Å². The number of pyridine rings is 1. The Bertz CT molecular complexity index is 1140. The molecule has 4 heteroatoms. The second kappa shape index (κ2) is 9.88. The molecule has 0 radical (unpaired) electrons. The van der Waals surface area contributed by atoms with Crippen LogP contribution in [0.1, 0.15) is 62.0 Å². The number of carbonyl (C=O) groups excluding carboxylic acids is 1. The average molecular weight is 442 g/mol. The second-order valence-corrected chi connectivity index (χ2v) is 9.64. The molecular formula is C29H35N3O. The van der Waals surface area contributed by atoms with Crippen LogP contribution in [0.3, 0.4) is 0 Å². The van der Waals surface area contributed by atoms with Gasteiger partial charge in [0.05, 0.1) is 5.52 Å². The van der Waals surface area contributed by atoms with Crippen LogP contribution in [-0.4, -0.2) is 52.9 Å². The van der Waals surface area contributed by atoms with Gasteiger partial charge in [-0.25, -0.2) is 0 Å². The lowest BCUT2D eigenvalue weighted by Crippen LogP contribution is -2.42. The van der Waals surface area contributed by atoms with Crippen molar-refractivity contribution >= 4 is 22.4 Å². The van der Waals surface area contributed by atoms with Crippen LogP contribution in [-0.2, 0) is 0 Å². The number of carbonyl (C=O) groups is 1. The number of nitrogens with zero attached hydrogens (tertiary/aromatic N) is 3. The maximum atomic E-state index is 13.2. The Balaban J connectivity index is 1.79. The topological polar surface area (TPSA) is 36.4 Å². The van der Waals surface area contributed by atoms with E-state index in [4.69, 9.17) is 4.98 Å². The highest BCUT2D eigenvalue weighted by atomic mass is 16.2. The van der Waals surface area contributed by atoms with E-state index in [0.717, 1.165) is 48.0 Å². The molecule has 1 saturated heterocycles. The molecule has 0 bridgehead atoms. The van der Waals surface area contributed by atoms with E-state index in [0.29, 0.717) is 0 Å². The molecule has 1 aliphatic rings. The molecule has 1 aromatic heterocycles. The van der Waals surface area contributed by atoms with Crippen LogP contribution in [0.25, 0.3) is 16.5 Å². The Morgan fingerprint density at radius 2 is 1.48 bits per heavy atom. The number of para-hydroxylation sites is 1. The van der Waals surface area contributed by atoms with Crippen molar-refractivity contribution in [2.24, 2.45) is 0 Å². The van der Waals surface area contributed by atoms with Crippen LogP contribution in [0, 0.1) is 0 Å². The second-order valence-electron chi connectivity index (χ2n) is 9.64. The molecule has 1 amide bonds. The van der Waals surface area contributed by atoms with E-state index < -0.39 is 0 Å². The number of hydrogen-bond acceptors (Lipinski definition) is 3. The largest absolute Gasteiger partial charge is 0.334 e. The molecule has 4 nitrogen and oxygen atoms in total. The van der Waals surface area contributed by atoms with E-state index in [1.54, 1.807) is 0 Å². The molecule has 0 unspecified atom stereocenters. The predicted molar refractivity (Wildman–Crippen MR) is 137 cm³/mol. The normalized spacial score (nSPS) is 14.8. The molecule has 3 aromatic rings. The van der Waals surface area contributed by atoms with Gasteiger partial charge in [-0.15, -0.1) is 0 Å². The molecular weight excluding hydrogens is 406 g/mol. The fourth-order valence-electron chi connectivity index (χ4n) is 4.99. The van der Waals surface area contributed by atoms with Gasteiger partial charge >= 0.3 is 0 Å². The monoisotopic (exact) mass is 441 g/mol. The van der Waals surface area contributed by atoms with Gasteiger partial charge in [0, 0.05) is 47.9 Å². The highest BCUT2D eigenvalue weighted by molar-refractivity contribution is 5.98. The first-order valence-electron chi connectivity index (χ1n) is 12.0. The molecule has 0 N–H and O–H groups in total. The van der Waals surface area contributed by atoms with Gasteiger partial charge in [-0.3, -0.25) is 9.78 Å². The lowest BCUT2D eigenvalue weighted by Gasteiger charge is -2.31. The van der Waals surface area contributed by atoms with E-state index in [-0.39, 0.29) is 18.0 Å². The van der Waals surface area contributed by atoms with Gasteiger partial charge in [-0.2, -0.15) is 0 Å². The van der Waals surface area contributed by atoms with Gasteiger partial charge in [0.15, 0.2) is 0 Å². The summed E-state index contributed by atoms with van der Waals surface area (Å²) in [6.45, 7) is 10.4.